The third kappa shape index (κ3) is 1.93. The van der Waals surface area contributed by atoms with E-state index in [1.165, 1.54) is 18.4 Å². The molecule has 82 valence electrons. The maximum Gasteiger partial charge on any atom is 0.00811 e. The summed E-state index contributed by atoms with van der Waals surface area (Å²) in [4.78, 5) is 0. The van der Waals surface area contributed by atoms with Crippen molar-refractivity contribution < 1.29 is 0 Å². The van der Waals surface area contributed by atoms with Crippen molar-refractivity contribution in [1.82, 2.24) is 5.32 Å². The van der Waals surface area contributed by atoms with Crippen LogP contribution in [0.5, 0.6) is 0 Å². The summed E-state index contributed by atoms with van der Waals surface area (Å²) in [6.45, 7) is 5.69. The Morgan fingerprint density at radius 2 is 1.93 bits per heavy atom. The van der Waals surface area contributed by atoms with E-state index in [2.05, 4.69) is 50.5 Å². The van der Waals surface area contributed by atoms with Crippen molar-refractivity contribution in [1.29, 1.82) is 0 Å². The second-order valence-corrected chi connectivity index (χ2v) is 5.05. The first-order chi connectivity index (χ1) is 7.19. The van der Waals surface area contributed by atoms with E-state index < -0.39 is 0 Å². The van der Waals surface area contributed by atoms with E-state index in [4.69, 9.17) is 0 Å². The van der Waals surface area contributed by atoms with Gasteiger partial charge < -0.3 is 5.32 Å². The van der Waals surface area contributed by atoms with Gasteiger partial charge in [0.05, 0.1) is 0 Å². The quantitative estimate of drug-likeness (QED) is 0.793. The van der Waals surface area contributed by atoms with Gasteiger partial charge >= 0.3 is 0 Å². The van der Waals surface area contributed by atoms with Gasteiger partial charge in [0.15, 0.2) is 0 Å². The molecular weight excluding hydrogens is 182 g/mol. The lowest BCUT2D eigenvalue weighted by molar-refractivity contribution is 0.613. The molecule has 0 spiro atoms. The van der Waals surface area contributed by atoms with Gasteiger partial charge in [0.1, 0.15) is 0 Å². The predicted molar refractivity (Wildman–Crippen MR) is 65.4 cm³/mol. The third-order valence-corrected chi connectivity index (χ3v) is 3.52. The zero-order valence-electron chi connectivity index (χ0n) is 10.0. The Hall–Kier alpha value is -0.820. The van der Waals surface area contributed by atoms with Crippen LogP contribution in [0.25, 0.3) is 0 Å². The van der Waals surface area contributed by atoms with Crippen molar-refractivity contribution in [2.24, 2.45) is 0 Å². The van der Waals surface area contributed by atoms with Gasteiger partial charge in [-0.2, -0.15) is 0 Å². The molecule has 0 bridgehead atoms. The molecule has 0 heterocycles. The highest BCUT2D eigenvalue weighted by atomic mass is 14.8. The summed E-state index contributed by atoms with van der Waals surface area (Å²) in [5, 5.41) is 3.34. The van der Waals surface area contributed by atoms with Crippen LogP contribution in [0.3, 0.4) is 0 Å². The molecule has 1 aliphatic carbocycles. The van der Waals surface area contributed by atoms with Gasteiger partial charge in [-0.15, -0.1) is 0 Å². The number of likely N-dealkylation sites (N-methyl/N-ethyl adjacent to an activating group) is 1. The topological polar surface area (TPSA) is 12.0 Å². The van der Waals surface area contributed by atoms with Crippen molar-refractivity contribution in [3.8, 4) is 0 Å². The molecule has 0 amide bonds. The Balaban J connectivity index is 2.35. The standard InChI is InChI=1S/C14H21N/c1-11(2)12-6-4-5-7-13(12)14(8-9-14)10-15-3/h4-7,11,15H,8-10H2,1-3H3. The summed E-state index contributed by atoms with van der Waals surface area (Å²) >= 11 is 0. The average Bonchev–Trinajstić information content (AvgIpc) is 2.99. The molecule has 1 saturated carbocycles. The van der Waals surface area contributed by atoms with E-state index in [1.807, 2.05) is 0 Å². The minimum Gasteiger partial charge on any atom is -0.319 e. The molecule has 1 aliphatic rings. The average molecular weight is 203 g/mol. The Kier molecular flexibility index (Phi) is 2.83. The summed E-state index contributed by atoms with van der Waals surface area (Å²) in [5.41, 5.74) is 3.56. The highest BCUT2D eigenvalue weighted by Gasteiger charge is 2.44. The lowest BCUT2D eigenvalue weighted by Crippen LogP contribution is -2.24. The van der Waals surface area contributed by atoms with Gasteiger partial charge in [-0.25, -0.2) is 0 Å². The van der Waals surface area contributed by atoms with Crippen molar-refractivity contribution in [3.05, 3.63) is 35.4 Å². The number of nitrogens with one attached hydrogen (secondary N) is 1. The Bertz CT molecular complexity index is 337. The van der Waals surface area contributed by atoms with Gasteiger partial charge in [0, 0.05) is 12.0 Å². The minimum atomic E-state index is 0.454. The maximum absolute atomic E-state index is 3.34. The molecule has 1 nitrogen and oxygen atoms in total. The van der Waals surface area contributed by atoms with Crippen molar-refractivity contribution >= 4 is 0 Å². The summed E-state index contributed by atoms with van der Waals surface area (Å²) in [7, 11) is 2.05. The second kappa shape index (κ2) is 3.97. The summed E-state index contributed by atoms with van der Waals surface area (Å²) in [6, 6.07) is 8.95. The van der Waals surface area contributed by atoms with E-state index in [0.717, 1.165) is 6.54 Å². The Morgan fingerprint density at radius 1 is 1.27 bits per heavy atom. The monoisotopic (exact) mass is 203 g/mol. The van der Waals surface area contributed by atoms with Crippen LogP contribution >= 0.6 is 0 Å². The molecule has 1 N–H and O–H groups in total. The lowest BCUT2D eigenvalue weighted by atomic mass is 9.86. The zero-order valence-corrected chi connectivity index (χ0v) is 10.0. The largest absolute Gasteiger partial charge is 0.319 e. The van der Waals surface area contributed by atoms with Gasteiger partial charge in [-0.1, -0.05) is 38.1 Å². The van der Waals surface area contributed by atoms with Crippen molar-refractivity contribution in [2.45, 2.75) is 38.0 Å². The first kappa shape index (κ1) is 10.7. The van der Waals surface area contributed by atoms with Crippen molar-refractivity contribution in [3.63, 3.8) is 0 Å². The number of rotatable bonds is 4. The van der Waals surface area contributed by atoms with E-state index in [1.54, 1.807) is 5.56 Å². The first-order valence-corrected chi connectivity index (χ1v) is 5.93. The highest BCUT2D eigenvalue weighted by molar-refractivity contribution is 5.40. The first-order valence-electron chi connectivity index (χ1n) is 5.93. The molecule has 0 unspecified atom stereocenters. The number of hydrogen-bond acceptors (Lipinski definition) is 1. The molecule has 1 aromatic carbocycles. The Morgan fingerprint density at radius 3 is 2.47 bits per heavy atom. The van der Waals surface area contributed by atoms with Crippen LogP contribution in [0.2, 0.25) is 0 Å². The molecule has 0 aliphatic heterocycles. The van der Waals surface area contributed by atoms with Gasteiger partial charge in [-0.3, -0.25) is 0 Å². The summed E-state index contributed by atoms with van der Waals surface area (Å²) in [5.74, 6) is 0.635. The molecule has 0 atom stereocenters. The van der Waals surface area contributed by atoms with E-state index in [0.29, 0.717) is 11.3 Å². The van der Waals surface area contributed by atoms with Crippen LogP contribution in [0.15, 0.2) is 24.3 Å². The molecule has 2 rings (SSSR count). The number of benzene rings is 1. The molecule has 1 fully saturated rings. The van der Waals surface area contributed by atoms with Crippen LogP contribution in [-0.2, 0) is 5.41 Å². The molecule has 1 heteroatoms. The van der Waals surface area contributed by atoms with E-state index >= 15 is 0 Å². The molecule has 0 saturated heterocycles. The highest BCUT2D eigenvalue weighted by Crippen LogP contribution is 2.49. The molecule has 0 aromatic heterocycles. The van der Waals surface area contributed by atoms with Crippen LogP contribution in [0.4, 0.5) is 0 Å². The molecule has 0 radical (unpaired) electrons. The molecule has 1 aromatic rings. The SMILES string of the molecule is CNCC1(c2ccccc2C(C)C)CC1. The van der Waals surface area contributed by atoms with Crippen LogP contribution < -0.4 is 5.32 Å². The molecular formula is C14H21N. The second-order valence-electron chi connectivity index (χ2n) is 5.05. The smallest absolute Gasteiger partial charge is 0.00811 e. The molecule has 15 heavy (non-hydrogen) atoms. The predicted octanol–water partition coefficient (Wildman–Crippen LogP) is 3.06. The van der Waals surface area contributed by atoms with E-state index in [-0.39, 0.29) is 0 Å². The fourth-order valence-electron chi connectivity index (χ4n) is 2.51. The van der Waals surface area contributed by atoms with Gasteiger partial charge in [-0.05, 0) is 36.9 Å². The Labute approximate surface area is 92.9 Å². The van der Waals surface area contributed by atoms with Gasteiger partial charge in [0.2, 0.25) is 0 Å². The minimum absolute atomic E-state index is 0.454. The lowest BCUT2D eigenvalue weighted by Gasteiger charge is -2.21. The van der Waals surface area contributed by atoms with Crippen LogP contribution in [0.1, 0.15) is 43.7 Å². The number of hydrogen-bond donors (Lipinski definition) is 1. The fraction of sp³-hybridized carbons (Fsp3) is 0.571. The fourth-order valence-corrected chi connectivity index (χ4v) is 2.51. The van der Waals surface area contributed by atoms with Gasteiger partial charge in [0.25, 0.3) is 0 Å². The van der Waals surface area contributed by atoms with E-state index in [9.17, 15) is 0 Å². The normalized spacial score (nSPS) is 18.1. The third-order valence-electron chi connectivity index (χ3n) is 3.52. The van der Waals surface area contributed by atoms with Crippen LogP contribution in [0, 0.1) is 0 Å². The summed E-state index contributed by atoms with van der Waals surface area (Å²) < 4.78 is 0. The van der Waals surface area contributed by atoms with Crippen LogP contribution in [-0.4, -0.2) is 13.6 Å². The summed E-state index contributed by atoms with van der Waals surface area (Å²) in [6.07, 6.45) is 2.69. The zero-order chi connectivity index (χ0) is 10.9. The van der Waals surface area contributed by atoms with Crippen molar-refractivity contribution in [2.75, 3.05) is 13.6 Å². The maximum atomic E-state index is 3.34.